The first kappa shape index (κ1) is 28.1. The van der Waals surface area contributed by atoms with E-state index in [1.54, 1.807) is 36.4 Å². The Labute approximate surface area is 178 Å². The lowest BCUT2D eigenvalue weighted by atomic mass is 10.4. The predicted molar refractivity (Wildman–Crippen MR) is 114 cm³/mol. The molecule has 0 saturated heterocycles. The standard InChI is InChI=1S/C6H16N2.2C6H7NO3S/c1-7(2)5-6-8(3)4;2*8-7-11(9,10)6-4-2-1-3-5-6/h5-6H2,1-4H3;2*1-5,7-8H. The van der Waals surface area contributed by atoms with Crippen molar-refractivity contribution in [3.05, 3.63) is 60.7 Å². The molecule has 0 atom stereocenters. The van der Waals surface area contributed by atoms with Crippen LogP contribution in [0.15, 0.2) is 70.5 Å². The SMILES string of the molecule is CN(C)CCN(C)C.O=S(=O)(NO)c1ccccc1.O=S(=O)(NO)c1ccccc1. The molecule has 0 aliphatic carbocycles. The lowest BCUT2D eigenvalue weighted by molar-refractivity contribution is 0.242. The molecular formula is C18H30N4O6S2. The zero-order chi connectivity index (χ0) is 23.2. The van der Waals surface area contributed by atoms with E-state index in [1.807, 2.05) is 0 Å². The second kappa shape index (κ2) is 14.2. The summed E-state index contributed by atoms with van der Waals surface area (Å²) in [5, 5.41) is 16.4. The van der Waals surface area contributed by atoms with Crippen molar-refractivity contribution in [3.8, 4) is 0 Å². The van der Waals surface area contributed by atoms with Gasteiger partial charge in [-0.15, -0.1) is 0 Å². The summed E-state index contributed by atoms with van der Waals surface area (Å²) in [6, 6.07) is 15.2. The monoisotopic (exact) mass is 462 g/mol. The molecule has 2 aromatic carbocycles. The summed E-state index contributed by atoms with van der Waals surface area (Å²) in [7, 11) is 0.962. The largest absolute Gasteiger partial charge is 0.308 e. The number of benzene rings is 2. The molecule has 12 heteroatoms. The summed E-state index contributed by atoms with van der Waals surface area (Å²) in [6.45, 7) is 2.29. The highest BCUT2D eigenvalue weighted by Gasteiger charge is 2.10. The molecule has 170 valence electrons. The third-order valence-corrected chi connectivity index (χ3v) is 5.61. The Morgan fingerprint density at radius 3 is 1.10 bits per heavy atom. The molecule has 0 aliphatic rings. The first-order chi connectivity index (χ1) is 14.0. The molecule has 2 rings (SSSR count). The zero-order valence-electron chi connectivity index (χ0n) is 17.4. The molecule has 4 N–H and O–H groups in total. The van der Waals surface area contributed by atoms with E-state index in [4.69, 9.17) is 10.4 Å². The summed E-state index contributed by atoms with van der Waals surface area (Å²) in [5.74, 6) is 0. The van der Waals surface area contributed by atoms with Crippen molar-refractivity contribution in [3.63, 3.8) is 0 Å². The van der Waals surface area contributed by atoms with Crippen LogP contribution in [0.3, 0.4) is 0 Å². The van der Waals surface area contributed by atoms with Gasteiger partial charge in [-0.25, -0.2) is 16.8 Å². The van der Waals surface area contributed by atoms with Crippen LogP contribution in [-0.2, 0) is 20.0 Å². The van der Waals surface area contributed by atoms with Gasteiger partial charge in [-0.1, -0.05) is 46.2 Å². The second-order valence-corrected chi connectivity index (χ2v) is 9.74. The Hall–Kier alpha value is -1.90. The average Bonchev–Trinajstić information content (AvgIpc) is 2.74. The normalized spacial score (nSPS) is 11.3. The predicted octanol–water partition coefficient (Wildman–Crippen LogP) is 0.818. The van der Waals surface area contributed by atoms with Crippen molar-refractivity contribution < 1.29 is 27.3 Å². The van der Waals surface area contributed by atoms with Crippen LogP contribution in [0.4, 0.5) is 0 Å². The van der Waals surface area contributed by atoms with E-state index in [0.717, 1.165) is 13.1 Å². The minimum absolute atomic E-state index is 0.0440. The molecule has 0 radical (unpaired) electrons. The molecule has 0 amide bonds. The lowest BCUT2D eigenvalue weighted by Gasteiger charge is -2.13. The summed E-state index contributed by atoms with van der Waals surface area (Å²) < 4.78 is 43.4. The fourth-order valence-corrected chi connectivity index (χ4v) is 2.95. The van der Waals surface area contributed by atoms with Crippen LogP contribution in [0.2, 0.25) is 0 Å². The van der Waals surface area contributed by atoms with Gasteiger partial charge in [-0.3, -0.25) is 0 Å². The van der Waals surface area contributed by atoms with Crippen molar-refractivity contribution in [2.45, 2.75) is 9.79 Å². The van der Waals surface area contributed by atoms with E-state index < -0.39 is 20.0 Å². The summed E-state index contributed by atoms with van der Waals surface area (Å²) in [6.07, 6.45) is 0. The van der Waals surface area contributed by atoms with E-state index >= 15 is 0 Å². The molecular weight excluding hydrogens is 432 g/mol. The van der Waals surface area contributed by atoms with Crippen molar-refractivity contribution in [2.75, 3.05) is 41.3 Å². The second-order valence-electron chi connectivity index (χ2n) is 6.42. The Morgan fingerprint density at radius 2 is 0.900 bits per heavy atom. The fraction of sp³-hybridized carbons (Fsp3) is 0.333. The first-order valence-electron chi connectivity index (χ1n) is 8.67. The van der Waals surface area contributed by atoms with Crippen LogP contribution in [-0.4, -0.2) is 78.3 Å². The van der Waals surface area contributed by atoms with Crippen LogP contribution < -0.4 is 9.77 Å². The Balaban J connectivity index is 0.000000428. The van der Waals surface area contributed by atoms with Gasteiger partial charge in [-0.05, 0) is 52.5 Å². The Bertz CT molecular complexity index is 829. The van der Waals surface area contributed by atoms with Crippen LogP contribution in [0.1, 0.15) is 0 Å². The molecule has 0 saturated carbocycles. The van der Waals surface area contributed by atoms with Gasteiger partial charge in [0.25, 0.3) is 20.0 Å². The molecule has 0 aliphatic heterocycles. The number of hydrogen-bond donors (Lipinski definition) is 4. The van der Waals surface area contributed by atoms with E-state index in [0.29, 0.717) is 0 Å². The highest BCUT2D eigenvalue weighted by atomic mass is 32.2. The minimum atomic E-state index is -3.69. The number of nitrogens with zero attached hydrogens (tertiary/aromatic N) is 2. The summed E-state index contributed by atoms with van der Waals surface area (Å²) in [5.41, 5.74) is 0. The maximum Gasteiger partial charge on any atom is 0.262 e. The molecule has 30 heavy (non-hydrogen) atoms. The van der Waals surface area contributed by atoms with E-state index in [1.165, 1.54) is 34.0 Å². The van der Waals surface area contributed by atoms with Gasteiger partial charge in [0.1, 0.15) is 0 Å². The van der Waals surface area contributed by atoms with E-state index in [2.05, 4.69) is 38.0 Å². The van der Waals surface area contributed by atoms with Gasteiger partial charge in [0.15, 0.2) is 0 Å². The lowest BCUT2D eigenvalue weighted by Crippen LogP contribution is -2.25. The van der Waals surface area contributed by atoms with E-state index in [9.17, 15) is 16.8 Å². The first-order valence-corrected chi connectivity index (χ1v) is 11.6. The number of rotatable bonds is 7. The molecule has 0 fully saturated rings. The molecule has 2 aromatic rings. The Morgan fingerprint density at radius 1 is 0.633 bits per heavy atom. The van der Waals surface area contributed by atoms with Gasteiger partial charge >= 0.3 is 0 Å². The molecule has 0 heterocycles. The van der Waals surface area contributed by atoms with Gasteiger partial charge < -0.3 is 20.2 Å². The van der Waals surface area contributed by atoms with Crippen LogP contribution >= 0.6 is 0 Å². The van der Waals surface area contributed by atoms with Crippen molar-refractivity contribution >= 4 is 20.0 Å². The summed E-state index contributed by atoms with van der Waals surface area (Å²) in [4.78, 5) is 6.91. The van der Waals surface area contributed by atoms with Crippen LogP contribution in [0.25, 0.3) is 0 Å². The molecule has 0 aromatic heterocycles. The van der Waals surface area contributed by atoms with Gasteiger partial charge in [0.2, 0.25) is 0 Å². The number of likely N-dealkylation sites (N-methyl/N-ethyl adjacent to an activating group) is 2. The van der Waals surface area contributed by atoms with Crippen molar-refractivity contribution in [1.29, 1.82) is 0 Å². The molecule has 0 unspecified atom stereocenters. The maximum atomic E-state index is 10.8. The quantitative estimate of drug-likeness (QED) is 0.444. The van der Waals surface area contributed by atoms with Crippen LogP contribution in [0, 0.1) is 0 Å². The smallest absolute Gasteiger partial charge is 0.262 e. The maximum absolute atomic E-state index is 10.8. The molecule has 10 nitrogen and oxygen atoms in total. The van der Waals surface area contributed by atoms with E-state index in [-0.39, 0.29) is 9.79 Å². The third-order valence-electron chi connectivity index (χ3n) is 3.34. The third kappa shape index (κ3) is 11.9. The van der Waals surface area contributed by atoms with Gasteiger partial charge in [0.05, 0.1) is 9.79 Å². The summed E-state index contributed by atoms with van der Waals surface area (Å²) >= 11 is 0. The van der Waals surface area contributed by atoms with Gasteiger partial charge in [-0.2, -0.15) is 0 Å². The Kier molecular flexibility index (Phi) is 13.3. The number of hydrogen-bond acceptors (Lipinski definition) is 8. The number of nitrogens with one attached hydrogen (secondary N) is 2. The van der Waals surface area contributed by atoms with Crippen molar-refractivity contribution in [1.82, 2.24) is 19.6 Å². The highest BCUT2D eigenvalue weighted by Crippen LogP contribution is 2.06. The highest BCUT2D eigenvalue weighted by molar-refractivity contribution is 7.89. The fourth-order valence-electron chi connectivity index (χ4n) is 1.70. The van der Waals surface area contributed by atoms with Gasteiger partial charge in [0, 0.05) is 13.1 Å². The molecule has 0 spiro atoms. The average molecular weight is 463 g/mol. The minimum Gasteiger partial charge on any atom is -0.308 e. The zero-order valence-corrected chi connectivity index (χ0v) is 19.1. The molecule has 0 bridgehead atoms. The van der Waals surface area contributed by atoms with Crippen molar-refractivity contribution in [2.24, 2.45) is 0 Å². The topological polar surface area (TPSA) is 139 Å². The number of sulfonamides is 2. The van der Waals surface area contributed by atoms with Crippen LogP contribution in [0.5, 0.6) is 0 Å².